The van der Waals surface area contributed by atoms with Gasteiger partial charge in [0.2, 0.25) is 5.95 Å². The Labute approximate surface area is 171 Å². The number of anilines is 3. The maximum atomic E-state index is 6.38. The molecule has 0 atom stereocenters. The molecule has 0 saturated carbocycles. The topological polar surface area (TPSA) is 53.1 Å². The van der Waals surface area contributed by atoms with E-state index in [1.165, 1.54) is 0 Å². The van der Waals surface area contributed by atoms with Crippen molar-refractivity contribution in [2.24, 2.45) is 0 Å². The van der Waals surface area contributed by atoms with Gasteiger partial charge in [0.1, 0.15) is 5.82 Å². The SMILES string of the molecule is Cc1cccc(Cl)c1Nc1cc(-c2ccccc2)nc(NCCCN(C)C)n1. The predicted octanol–water partition coefficient (Wildman–Crippen LogP) is 5.21. The number of para-hydroxylation sites is 1. The van der Waals surface area contributed by atoms with Gasteiger partial charge >= 0.3 is 0 Å². The van der Waals surface area contributed by atoms with Gasteiger partial charge in [0.05, 0.1) is 16.4 Å². The second kappa shape index (κ2) is 9.53. The van der Waals surface area contributed by atoms with Crippen LogP contribution in [0, 0.1) is 6.92 Å². The Kier molecular flexibility index (Phi) is 6.85. The molecule has 5 nitrogen and oxygen atoms in total. The first-order chi connectivity index (χ1) is 13.5. The first-order valence-corrected chi connectivity index (χ1v) is 9.76. The van der Waals surface area contributed by atoms with E-state index in [4.69, 9.17) is 16.6 Å². The first-order valence-electron chi connectivity index (χ1n) is 9.38. The van der Waals surface area contributed by atoms with E-state index in [0.717, 1.165) is 42.0 Å². The van der Waals surface area contributed by atoms with E-state index >= 15 is 0 Å². The van der Waals surface area contributed by atoms with E-state index in [2.05, 4.69) is 34.6 Å². The van der Waals surface area contributed by atoms with Crippen LogP contribution in [-0.2, 0) is 0 Å². The molecule has 0 fully saturated rings. The van der Waals surface area contributed by atoms with Crippen molar-refractivity contribution >= 4 is 29.1 Å². The highest BCUT2D eigenvalue weighted by Crippen LogP contribution is 2.30. The van der Waals surface area contributed by atoms with Crippen LogP contribution >= 0.6 is 11.6 Å². The zero-order chi connectivity index (χ0) is 19.9. The van der Waals surface area contributed by atoms with E-state index in [1.807, 2.05) is 61.5 Å². The van der Waals surface area contributed by atoms with Gasteiger partial charge in [-0.1, -0.05) is 54.1 Å². The van der Waals surface area contributed by atoms with Crippen LogP contribution in [0.15, 0.2) is 54.6 Å². The fourth-order valence-corrected chi connectivity index (χ4v) is 3.13. The number of rotatable bonds is 8. The highest BCUT2D eigenvalue weighted by molar-refractivity contribution is 6.33. The van der Waals surface area contributed by atoms with Crippen molar-refractivity contribution < 1.29 is 0 Å². The van der Waals surface area contributed by atoms with Gasteiger partial charge in [0.25, 0.3) is 0 Å². The van der Waals surface area contributed by atoms with Gasteiger partial charge in [-0.2, -0.15) is 4.98 Å². The molecule has 0 aliphatic heterocycles. The summed E-state index contributed by atoms with van der Waals surface area (Å²) in [5, 5.41) is 7.38. The molecule has 2 aromatic carbocycles. The Morgan fingerprint density at radius 3 is 2.50 bits per heavy atom. The van der Waals surface area contributed by atoms with Crippen LogP contribution in [0.3, 0.4) is 0 Å². The minimum Gasteiger partial charge on any atom is -0.354 e. The standard InChI is InChI=1S/C22H26ClN5/c1-16-9-7-12-18(23)21(16)26-20-15-19(17-10-5-4-6-11-17)25-22(27-20)24-13-8-14-28(2)3/h4-7,9-12,15H,8,13-14H2,1-3H3,(H2,24,25,26,27). The summed E-state index contributed by atoms with van der Waals surface area (Å²) >= 11 is 6.38. The molecule has 0 saturated heterocycles. The lowest BCUT2D eigenvalue weighted by Crippen LogP contribution is -2.17. The molecule has 0 aliphatic carbocycles. The summed E-state index contributed by atoms with van der Waals surface area (Å²) in [6.45, 7) is 3.84. The quantitative estimate of drug-likeness (QED) is 0.512. The minimum absolute atomic E-state index is 0.604. The Balaban J connectivity index is 1.89. The van der Waals surface area contributed by atoms with E-state index in [0.29, 0.717) is 16.8 Å². The average molecular weight is 396 g/mol. The third-order valence-corrected chi connectivity index (χ3v) is 4.65. The normalized spacial score (nSPS) is 10.9. The number of aromatic nitrogens is 2. The molecular weight excluding hydrogens is 370 g/mol. The van der Waals surface area contributed by atoms with Crippen LogP contribution in [0.25, 0.3) is 11.3 Å². The molecule has 0 unspecified atom stereocenters. The number of halogens is 1. The molecular formula is C22H26ClN5. The number of nitrogens with zero attached hydrogens (tertiary/aromatic N) is 3. The smallest absolute Gasteiger partial charge is 0.225 e. The molecule has 28 heavy (non-hydrogen) atoms. The van der Waals surface area contributed by atoms with E-state index < -0.39 is 0 Å². The van der Waals surface area contributed by atoms with Crippen molar-refractivity contribution in [2.75, 3.05) is 37.8 Å². The molecule has 3 aromatic rings. The Morgan fingerprint density at radius 2 is 1.79 bits per heavy atom. The maximum Gasteiger partial charge on any atom is 0.225 e. The second-order valence-electron chi connectivity index (χ2n) is 6.97. The average Bonchev–Trinajstić information content (AvgIpc) is 2.69. The van der Waals surface area contributed by atoms with Crippen molar-refractivity contribution in [3.63, 3.8) is 0 Å². The highest BCUT2D eigenvalue weighted by atomic mass is 35.5. The molecule has 2 N–H and O–H groups in total. The van der Waals surface area contributed by atoms with Gasteiger partial charge in [-0.25, -0.2) is 4.98 Å². The summed E-state index contributed by atoms with van der Waals surface area (Å²) in [5.74, 6) is 1.31. The first kappa shape index (κ1) is 20.1. The van der Waals surface area contributed by atoms with E-state index in [9.17, 15) is 0 Å². The number of hydrogen-bond donors (Lipinski definition) is 2. The van der Waals surface area contributed by atoms with E-state index in [1.54, 1.807) is 0 Å². The summed E-state index contributed by atoms with van der Waals surface area (Å²) in [6, 6.07) is 17.9. The Morgan fingerprint density at radius 1 is 1.00 bits per heavy atom. The van der Waals surface area contributed by atoms with Crippen LogP contribution < -0.4 is 10.6 Å². The monoisotopic (exact) mass is 395 g/mol. The van der Waals surface area contributed by atoms with Gasteiger partial charge in [0, 0.05) is 18.2 Å². The molecule has 0 spiro atoms. The molecule has 0 amide bonds. The number of hydrogen-bond acceptors (Lipinski definition) is 5. The van der Waals surface area contributed by atoms with Gasteiger partial charge in [0.15, 0.2) is 0 Å². The molecule has 146 valence electrons. The Hall–Kier alpha value is -2.63. The molecule has 0 radical (unpaired) electrons. The second-order valence-corrected chi connectivity index (χ2v) is 7.38. The zero-order valence-corrected chi connectivity index (χ0v) is 17.3. The zero-order valence-electron chi connectivity index (χ0n) is 16.5. The molecule has 6 heteroatoms. The van der Waals surface area contributed by atoms with Crippen LogP contribution in [0.2, 0.25) is 5.02 Å². The molecule has 1 heterocycles. The van der Waals surface area contributed by atoms with Gasteiger partial charge in [-0.3, -0.25) is 0 Å². The van der Waals surface area contributed by atoms with Crippen molar-refractivity contribution in [2.45, 2.75) is 13.3 Å². The third-order valence-electron chi connectivity index (χ3n) is 4.34. The van der Waals surface area contributed by atoms with Crippen molar-refractivity contribution in [3.8, 4) is 11.3 Å². The lowest BCUT2D eigenvalue weighted by Gasteiger charge is -2.14. The van der Waals surface area contributed by atoms with Crippen LogP contribution in [0.1, 0.15) is 12.0 Å². The van der Waals surface area contributed by atoms with Gasteiger partial charge in [-0.05, 0) is 45.6 Å². The number of benzene rings is 2. The summed E-state index contributed by atoms with van der Waals surface area (Å²) < 4.78 is 0. The molecule has 1 aromatic heterocycles. The lowest BCUT2D eigenvalue weighted by molar-refractivity contribution is 0.405. The minimum atomic E-state index is 0.604. The number of nitrogens with one attached hydrogen (secondary N) is 2. The summed E-state index contributed by atoms with van der Waals surface area (Å²) in [6.07, 6.45) is 1.01. The third kappa shape index (κ3) is 5.44. The van der Waals surface area contributed by atoms with Crippen molar-refractivity contribution in [3.05, 3.63) is 65.2 Å². The van der Waals surface area contributed by atoms with Gasteiger partial charge < -0.3 is 15.5 Å². The molecule has 3 rings (SSSR count). The lowest BCUT2D eigenvalue weighted by atomic mass is 10.1. The maximum absolute atomic E-state index is 6.38. The fraction of sp³-hybridized carbons (Fsp3) is 0.273. The highest BCUT2D eigenvalue weighted by Gasteiger charge is 2.10. The van der Waals surface area contributed by atoms with Crippen molar-refractivity contribution in [1.82, 2.24) is 14.9 Å². The fourth-order valence-electron chi connectivity index (χ4n) is 2.86. The summed E-state index contributed by atoms with van der Waals surface area (Å²) in [5.41, 5.74) is 3.83. The van der Waals surface area contributed by atoms with Crippen molar-refractivity contribution in [1.29, 1.82) is 0 Å². The van der Waals surface area contributed by atoms with Crippen LogP contribution in [0.5, 0.6) is 0 Å². The van der Waals surface area contributed by atoms with E-state index in [-0.39, 0.29) is 0 Å². The summed E-state index contributed by atoms with van der Waals surface area (Å²) in [4.78, 5) is 11.5. The Bertz CT molecular complexity index is 892. The molecule has 0 bridgehead atoms. The van der Waals surface area contributed by atoms with Crippen LogP contribution in [-0.4, -0.2) is 42.1 Å². The van der Waals surface area contributed by atoms with Gasteiger partial charge in [-0.15, -0.1) is 0 Å². The summed E-state index contributed by atoms with van der Waals surface area (Å²) in [7, 11) is 4.14. The molecule has 0 aliphatic rings. The van der Waals surface area contributed by atoms with Crippen LogP contribution in [0.4, 0.5) is 17.5 Å². The predicted molar refractivity (Wildman–Crippen MR) is 119 cm³/mol. The largest absolute Gasteiger partial charge is 0.354 e. The number of aryl methyl sites for hydroxylation is 1.